The summed E-state index contributed by atoms with van der Waals surface area (Å²) in [5, 5.41) is 8.66. The number of hydrogen-bond acceptors (Lipinski definition) is 1. The molecule has 3 heteroatoms. The lowest BCUT2D eigenvalue weighted by molar-refractivity contribution is -0.870. The Morgan fingerprint density at radius 1 is 0.400 bits per heavy atom. The quantitative estimate of drug-likeness (QED) is 0.0504. The molecule has 244 valence electrons. The molecule has 0 rings (SSSR count). The summed E-state index contributed by atoms with van der Waals surface area (Å²) in [5.41, 5.74) is 0. The van der Waals surface area contributed by atoms with Crippen molar-refractivity contribution in [2.24, 2.45) is 0 Å². The van der Waals surface area contributed by atoms with Gasteiger partial charge in [-0.15, -0.1) is 0 Å². The summed E-state index contributed by atoms with van der Waals surface area (Å²) < 4.78 is 1.12. The van der Waals surface area contributed by atoms with E-state index in [1.54, 1.807) is 0 Å². The van der Waals surface area contributed by atoms with Crippen LogP contribution in [0.3, 0.4) is 0 Å². The third kappa shape index (κ3) is 47.7. The molecule has 0 aliphatic carbocycles. The van der Waals surface area contributed by atoms with Gasteiger partial charge in [-0.1, -0.05) is 161 Å². The first-order valence-electron chi connectivity index (χ1n) is 18.0. The van der Waals surface area contributed by atoms with E-state index in [1.807, 2.05) is 0 Å². The first-order valence-corrected chi connectivity index (χ1v) is 18.0. The van der Waals surface area contributed by atoms with Gasteiger partial charge in [0, 0.05) is 6.61 Å². The van der Waals surface area contributed by atoms with Crippen molar-refractivity contribution >= 4 is 0 Å². The van der Waals surface area contributed by atoms with E-state index in [2.05, 4.69) is 47.1 Å². The molecule has 0 saturated heterocycles. The van der Waals surface area contributed by atoms with Crippen molar-refractivity contribution in [2.75, 3.05) is 34.3 Å². The molecule has 0 atom stereocenters. The van der Waals surface area contributed by atoms with Crippen LogP contribution in [0.1, 0.15) is 194 Å². The molecule has 40 heavy (non-hydrogen) atoms. The second-order valence-electron chi connectivity index (χ2n) is 13.3. The number of aliphatic hydroxyl groups excluding tert-OH is 1. The van der Waals surface area contributed by atoms with Gasteiger partial charge in [0.25, 0.3) is 0 Å². The van der Waals surface area contributed by atoms with Gasteiger partial charge in [-0.25, -0.2) is 0 Å². The highest BCUT2D eigenvalue weighted by Gasteiger charge is 2.05. The minimum atomic E-state index is 0. The minimum Gasteiger partial charge on any atom is -1.00 e. The van der Waals surface area contributed by atoms with E-state index < -0.39 is 0 Å². The maximum atomic E-state index is 8.66. The van der Waals surface area contributed by atoms with Crippen molar-refractivity contribution in [1.82, 2.24) is 0 Å². The van der Waals surface area contributed by atoms with E-state index in [-0.39, 0.29) is 12.4 Å². The molecule has 0 radical (unpaired) electrons. The Kier molecular flexibility index (Phi) is 43.2. The molecule has 0 unspecified atom stereocenters. The average Bonchev–Trinajstić information content (AvgIpc) is 2.91. The number of halogens is 1. The van der Waals surface area contributed by atoms with Crippen LogP contribution in [0.2, 0.25) is 0 Å². The molecule has 0 aliphatic heterocycles. The fraction of sp³-hybridized carbons (Fsp3) is 0.946. The topological polar surface area (TPSA) is 20.2 Å². The van der Waals surface area contributed by atoms with Crippen molar-refractivity contribution in [2.45, 2.75) is 194 Å². The smallest absolute Gasteiger partial charge is 0.0780 e. The number of aliphatic hydroxyl groups is 1. The van der Waals surface area contributed by atoms with Gasteiger partial charge < -0.3 is 22.0 Å². The molecule has 0 aliphatic rings. The highest BCUT2D eigenvalue weighted by Crippen LogP contribution is 2.13. The lowest BCUT2D eigenvalue weighted by atomic mass is 10.0. The van der Waals surface area contributed by atoms with Crippen LogP contribution in [0.25, 0.3) is 0 Å². The number of unbranched alkanes of at least 4 members (excludes halogenated alkanes) is 25. The van der Waals surface area contributed by atoms with E-state index >= 15 is 0 Å². The average molecular weight is 588 g/mol. The highest BCUT2D eigenvalue weighted by atomic mass is 35.5. The lowest BCUT2D eigenvalue weighted by Crippen LogP contribution is -3.00. The van der Waals surface area contributed by atoms with Crippen LogP contribution in [-0.4, -0.2) is 43.9 Å². The summed E-state index contributed by atoms with van der Waals surface area (Å²) in [5.74, 6) is 0. The molecule has 0 aromatic heterocycles. The predicted octanol–water partition coefficient (Wildman–Crippen LogP) is 9.19. The van der Waals surface area contributed by atoms with Gasteiger partial charge in [-0.05, 0) is 44.9 Å². The van der Waals surface area contributed by atoms with Crippen LogP contribution in [0.5, 0.6) is 0 Å². The van der Waals surface area contributed by atoms with E-state index in [0.717, 1.165) is 10.9 Å². The molecule has 2 nitrogen and oxygen atoms in total. The van der Waals surface area contributed by atoms with Crippen molar-refractivity contribution in [1.29, 1.82) is 0 Å². The maximum Gasteiger partial charge on any atom is 0.0780 e. The maximum absolute atomic E-state index is 8.66. The van der Waals surface area contributed by atoms with Crippen LogP contribution in [0.15, 0.2) is 12.2 Å². The largest absolute Gasteiger partial charge is 1.00 e. The van der Waals surface area contributed by atoms with Crippen LogP contribution in [-0.2, 0) is 0 Å². The first kappa shape index (κ1) is 44.4. The molecule has 0 saturated carbocycles. The Morgan fingerprint density at radius 3 is 0.975 bits per heavy atom. The van der Waals surface area contributed by atoms with Gasteiger partial charge in [-0.3, -0.25) is 0 Å². The first-order chi connectivity index (χ1) is 19.0. The lowest BCUT2D eigenvalue weighted by Gasteiger charge is -2.23. The Labute approximate surface area is 261 Å². The molecule has 0 amide bonds. The van der Waals surface area contributed by atoms with Crippen LogP contribution in [0.4, 0.5) is 0 Å². The van der Waals surface area contributed by atoms with Gasteiger partial charge in [0.1, 0.15) is 0 Å². The van der Waals surface area contributed by atoms with Crippen molar-refractivity contribution in [3.63, 3.8) is 0 Å². The molecule has 0 heterocycles. The third-order valence-corrected chi connectivity index (χ3v) is 7.85. The molecule has 0 fully saturated rings. The summed E-state index contributed by atoms with van der Waals surface area (Å²) in [6, 6.07) is 0. The Morgan fingerprint density at radius 2 is 0.675 bits per heavy atom. The predicted molar refractivity (Wildman–Crippen MR) is 180 cm³/mol. The SMILES string of the molecule is CCCCCCCCC=CCCCCCCCCO.CCCCCCCCCCCCCCCC[N+](C)(C)C.[Cl-]. The van der Waals surface area contributed by atoms with Crippen LogP contribution in [0, 0.1) is 0 Å². The van der Waals surface area contributed by atoms with Crippen molar-refractivity contribution in [3.8, 4) is 0 Å². The summed E-state index contributed by atoms with van der Waals surface area (Å²) >= 11 is 0. The fourth-order valence-corrected chi connectivity index (χ4v) is 5.14. The van der Waals surface area contributed by atoms with Gasteiger partial charge in [0.15, 0.2) is 0 Å². The Bertz CT molecular complexity index is 446. The second kappa shape index (κ2) is 39.0. The molecule has 0 spiro atoms. The Balaban J connectivity index is -0.000000669. The highest BCUT2D eigenvalue weighted by molar-refractivity contribution is 4.81. The number of nitrogens with zero attached hydrogens (tertiary/aromatic N) is 1. The molecule has 0 aromatic carbocycles. The summed E-state index contributed by atoms with van der Waals surface area (Å²) in [4.78, 5) is 0. The third-order valence-electron chi connectivity index (χ3n) is 7.85. The zero-order chi connectivity index (χ0) is 29.1. The van der Waals surface area contributed by atoms with Crippen molar-refractivity contribution in [3.05, 3.63) is 12.2 Å². The van der Waals surface area contributed by atoms with E-state index in [0.29, 0.717) is 6.61 Å². The number of hydrogen-bond donors (Lipinski definition) is 1. The zero-order valence-corrected chi connectivity index (χ0v) is 29.4. The fourth-order valence-electron chi connectivity index (χ4n) is 5.14. The molecule has 1 N–H and O–H groups in total. The zero-order valence-electron chi connectivity index (χ0n) is 28.6. The normalized spacial score (nSPS) is 11.4. The summed E-state index contributed by atoms with van der Waals surface area (Å²) in [6.45, 7) is 6.26. The van der Waals surface area contributed by atoms with Gasteiger partial charge in [0.05, 0.1) is 27.7 Å². The van der Waals surface area contributed by atoms with Gasteiger partial charge >= 0.3 is 0 Å². The molecule has 0 aromatic rings. The van der Waals surface area contributed by atoms with E-state index in [1.165, 1.54) is 180 Å². The molecule has 0 bridgehead atoms. The molecular weight excluding hydrogens is 510 g/mol. The number of allylic oxidation sites excluding steroid dienone is 2. The second-order valence-corrected chi connectivity index (χ2v) is 13.3. The summed E-state index contributed by atoms with van der Waals surface area (Å²) in [7, 11) is 6.88. The number of quaternary nitrogens is 1. The van der Waals surface area contributed by atoms with Gasteiger partial charge in [0.2, 0.25) is 0 Å². The minimum absolute atomic E-state index is 0. The van der Waals surface area contributed by atoms with E-state index in [4.69, 9.17) is 5.11 Å². The van der Waals surface area contributed by atoms with Gasteiger partial charge in [-0.2, -0.15) is 0 Å². The van der Waals surface area contributed by atoms with Crippen LogP contribution >= 0.6 is 0 Å². The Hall–Kier alpha value is -0.0500. The molecular formula is C37H78ClNO. The summed E-state index contributed by atoms with van der Waals surface area (Å²) in [6.07, 6.45) is 43.6. The van der Waals surface area contributed by atoms with E-state index in [9.17, 15) is 0 Å². The standard InChI is InChI=1S/C19H42N.C18H36O.ClH/c1-5-6-7-8-9-10-11-12-13-14-15-16-17-18-19-20(2,3)4;1-2-3-4-5-6-7-8-9-10-11-12-13-14-15-16-17-18-19;/h5-19H2,1-4H3;9-10,19H,2-8,11-18H2,1H3;1H/q+1;;/p-1. The monoisotopic (exact) mass is 588 g/mol. The van der Waals surface area contributed by atoms with Crippen molar-refractivity contribution < 1.29 is 22.0 Å². The van der Waals surface area contributed by atoms with Crippen LogP contribution < -0.4 is 12.4 Å². The number of rotatable bonds is 30.